The average molecular weight is 208 g/mol. The number of rotatable bonds is 0. The molecule has 1 aliphatic heterocycles. The molecule has 0 bridgehead atoms. The van der Waals surface area contributed by atoms with Crippen molar-refractivity contribution in [2.75, 3.05) is 5.73 Å². The molecule has 0 unspecified atom stereocenters. The van der Waals surface area contributed by atoms with Crippen LogP contribution in [-0.2, 0) is 0 Å². The molecule has 77 valence electrons. The van der Waals surface area contributed by atoms with Crippen molar-refractivity contribution in [1.82, 2.24) is 0 Å². The molecule has 2 aromatic rings. The number of para-hydroxylation sites is 1. The zero-order valence-electron chi connectivity index (χ0n) is 9.03. The number of fused-ring (bicyclic) bond motifs is 2. The van der Waals surface area contributed by atoms with E-state index < -0.39 is 0 Å². The minimum atomic E-state index is 0.768. The summed E-state index contributed by atoms with van der Waals surface area (Å²) >= 11 is 0. The summed E-state index contributed by atoms with van der Waals surface area (Å²) in [5, 5.41) is 0. The second-order valence-corrected chi connectivity index (χ2v) is 4.05. The number of ether oxygens (including phenoxy) is 1. The van der Waals surface area contributed by atoms with Gasteiger partial charge in [0.2, 0.25) is 7.28 Å². The van der Waals surface area contributed by atoms with Gasteiger partial charge < -0.3 is 10.5 Å². The Labute approximate surface area is 95.3 Å². The van der Waals surface area contributed by atoms with Crippen molar-refractivity contribution in [2.45, 2.75) is 6.92 Å². The molecule has 0 saturated carbocycles. The fourth-order valence-corrected chi connectivity index (χ4v) is 2.00. The maximum absolute atomic E-state index is 5.99. The van der Waals surface area contributed by atoms with Gasteiger partial charge in [-0.15, -0.1) is 0 Å². The molecule has 0 fully saturated rings. The van der Waals surface area contributed by atoms with Crippen LogP contribution in [0.5, 0.6) is 11.5 Å². The Morgan fingerprint density at radius 3 is 2.81 bits per heavy atom. The van der Waals surface area contributed by atoms with Crippen LogP contribution in [0.1, 0.15) is 5.56 Å². The van der Waals surface area contributed by atoms with Gasteiger partial charge in [0, 0.05) is 5.69 Å². The first kappa shape index (κ1) is 9.34. The molecule has 3 heteroatoms. The molecule has 0 saturated heterocycles. The highest BCUT2D eigenvalue weighted by Gasteiger charge is 2.19. The molecule has 1 aliphatic rings. The summed E-state index contributed by atoms with van der Waals surface area (Å²) in [7, 11) is 2.07. The van der Waals surface area contributed by atoms with Crippen molar-refractivity contribution in [2.24, 2.45) is 0 Å². The number of aryl methyl sites for hydroxylation is 1. The number of nitrogens with two attached hydrogens (primary N) is 1. The Balaban J connectivity index is 2.15. The topological polar surface area (TPSA) is 35.2 Å². The van der Waals surface area contributed by atoms with Gasteiger partial charge in [-0.25, -0.2) is 0 Å². The van der Waals surface area contributed by atoms with Crippen LogP contribution in [-0.4, -0.2) is 7.28 Å². The van der Waals surface area contributed by atoms with Gasteiger partial charge >= 0.3 is 0 Å². The molecule has 0 atom stereocenters. The third-order valence-electron chi connectivity index (χ3n) is 2.76. The van der Waals surface area contributed by atoms with Gasteiger partial charge in [-0.05, 0) is 41.6 Å². The fourth-order valence-electron chi connectivity index (χ4n) is 2.00. The average Bonchev–Trinajstić information content (AvgIpc) is 2.27. The van der Waals surface area contributed by atoms with E-state index in [-0.39, 0.29) is 0 Å². The first-order valence-electron chi connectivity index (χ1n) is 5.26. The van der Waals surface area contributed by atoms with E-state index in [0.29, 0.717) is 0 Å². The largest absolute Gasteiger partial charge is 0.458 e. The second kappa shape index (κ2) is 3.30. The Morgan fingerprint density at radius 2 is 1.94 bits per heavy atom. The predicted molar refractivity (Wildman–Crippen MR) is 67.1 cm³/mol. The minimum Gasteiger partial charge on any atom is -0.458 e. The third-order valence-corrected chi connectivity index (χ3v) is 2.76. The van der Waals surface area contributed by atoms with Crippen LogP contribution in [0.15, 0.2) is 36.4 Å². The molecular weight excluding hydrogens is 197 g/mol. The van der Waals surface area contributed by atoms with E-state index in [2.05, 4.69) is 7.28 Å². The summed E-state index contributed by atoms with van der Waals surface area (Å²) in [4.78, 5) is 0. The molecular formula is C13H11BNO. The highest BCUT2D eigenvalue weighted by molar-refractivity contribution is 6.71. The summed E-state index contributed by atoms with van der Waals surface area (Å²) < 4.78 is 5.83. The van der Waals surface area contributed by atoms with Crippen molar-refractivity contribution < 1.29 is 4.74 Å². The lowest BCUT2D eigenvalue weighted by atomic mass is 9.61. The summed E-state index contributed by atoms with van der Waals surface area (Å²) in [6.45, 7) is 2.01. The molecule has 1 heterocycles. The number of hydrogen-bond donors (Lipinski definition) is 1. The lowest BCUT2D eigenvalue weighted by molar-refractivity contribution is 0.487. The van der Waals surface area contributed by atoms with E-state index >= 15 is 0 Å². The molecule has 2 N–H and O–H groups in total. The van der Waals surface area contributed by atoms with E-state index in [1.54, 1.807) is 0 Å². The highest BCUT2D eigenvalue weighted by atomic mass is 16.5. The number of hydrogen-bond acceptors (Lipinski definition) is 2. The monoisotopic (exact) mass is 208 g/mol. The molecule has 1 radical (unpaired) electrons. The molecule has 16 heavy (non-hydrogen) atoms. The van der Waals surface area contributed by atoms with Crippen LogP contribution in [0.25, 0.3) is 0 Å². The lowest BCUT2D eigenvalue weighted by Crippen LogP contribution is -2.35. The maximum atomic E-state index is 5.99. The Hall–Kier alpha value is -1.90. The van der Waals surface area contributed by atoms with Crippen molar-refractivity contribution >= 4 is 23.9 Å². The SMILES string of the molecule is Cc1cc(N)c2c(c1)Oc1ccccc1[B]2. The summed E-state index contributed by atoms with van der Waals surface area (Å²) in [6, 6.07) is 11.9. The van der Waals surface area contributed by atoms with Gasteiger partial charge in [0.1, 0.15) is 11.5 Å². The highest BCUT2D eigenvalue weighted by Crippen LogP contribution is 2.24. The van der Waals surface area contributed by atoms with E-state index in [1.165, 1.54) is 0 Å². The number of nitrogen functional groups attached to an aromatic ring is 1. The molecule has 0 amide bonds. The molecule has 0 aliphatic carbocycles. The lowest BCUT2D eigenvalue weighted by Gasteiger charge is -2.21. The van der Waals surface area contributed by atoms with Gasteiger partial charge in [0.25, 0.3) is 0 Å². The quantitative estimate of drug-likeness (QED) is 0.447. The first-order valence-corrected chi connectivity index (χ1v) is 5.26. The van der Waals surface area contributed by atoms with Crippen LogP contribution in [0.3, 0.4) is 0 Å². The third kappa shape index (κ3) is 1.36. The van der Waals surface area contributed by atoms with Gasteiger partial charge in [-0.3, -0.25) is 0 Å². The summed E-state index contributed by atoms with van der Waals surface area (Å²) in [5.41, 5.74) is 9.92. The van der Waals surface area contributed by atoms with E-state index in [9.17, 15) is 0 Å². The van der Waals surface area contributed by atoms with Gasteiger partial charge in [0.15, 0.2) is 0 Å². The van der Waals surface area contributed by atoms with Crippen LogP contribution in [0.4, 0.5) is 5.69 Å². The second-order valence-electron chi connectivity index (χ2n) is 4.05. The van der Waals surface area contributed by atoms with E-state index in [1.807, 2.05) is 43.3 Å². The van der Waals surface area contributed by atoms with E-state index in [4.69, 9.17) is 10.5 Å². The first-order chi connectivity index (χ1) is 7.74. The van der Waals surface area contributed by atoms with Gasteiger partial charge in [0.05, 0.1) is 0 Å². The van der Waals surface area contributed by atoms with Gasteiger partial charge in [-0.1, -0.05) is 18.2 Å². The fraction of sp³-hybridized carbons (Fsp3) is 0.0769. The molecule has 0 aromatic heterocycles. The van der Waals surface area contributed by atoms with Crippen LogP contribution in [0, 0.1) is 6.92 Å². The van der Waals surface area contributed by atoms with Crippen LogP contribution < -0.4 is 21.4 Å². The number of anilines is 1. The van der Waals surface area contributed by atoms with Gasteiger partial charge in [-0.2, -0.15) is 0 Å². The normalized spacial score (nSPS) is 12.1. The Kier molecular flexibility index (Phi) is 1.93. The Morgan fingerprint density at radius 1 is 1.12 bits per heavy atom. The van der Waals surface area contributed by atoms with Crippen LogP contribution >= 0.6 is 0 Å². The van der Waals surface area contributed by atoms with Crippen molar-refractivity contribution in [3.63, 3.8) is 0 Å². The maximum Gasteiger partial charge on any atom is 0.204 e. The van der Waals surface area contributed by atoms with Crippen molar-refractivity contribution in [1.29, 1.82) is 0 Å². The zero-order chi connectivity index (χ0) is 11.1. The van der Waals surface area contributed by atoms with Crippen molar-refractivity contribution in [3.05, 3.63) is 42.0 Å². The number of benzene rings is 2. The van der Waals surface area contributed by atoms with Crippen LogP contribution in [0.2, 0.25) is 0 Å². The Bertz CT molecular complexity index is 566. The molecule has 3 rings (SSSR count). The zero-order valence-corrected chi connectivity index (χ0v) is 9.03. The molecule has 2 aromatic carbocycles. The predicted octanol–water partition coefficient (Wildman–Crippen LogP) is 1.34. The van der Waals surface area contributed by atoms with Crippen molar-refractivity contribution in [3.8, 4) is 11.5 Å². The molecule has 2 nitrogen and oxygen atoms in total. The minimum absolute atomic E-state index is 0.768. The smallest absolute Gasteiger partial charge is 0.204 e. The summed E-state index contributed by atoms with van der Waals surface area (Å²) in [6.07, 6.45) is 0. The standard InChI is InChI=1S/C13H11BNO/c1-8-6-10(15)13-12(7-8)16-11-5-3-2-4-9(11)14-13/h2-7H,15H2,1H3. The summed E-state index contributed by atoms with van der Waals surface area (Å²) in [5.74, 6) is 1.73. The molecule has 0 spiro atoms. The van der Waals surface area contributed by atoms with E-state index in [0.717, 1.165) is 33.7 Å².